The van der Waals surface area contributed by atoms with Crippen LogP contribution in [0.2, 0.25) is 0 Å². The second-order valence-electron chi connectivity index (χ2n) is 5.63. The third-order valence-electron chi connectivity index (χ3n) is 3.47. The second kappa shape index (κ2) is 6.03. The molecule has 20 heavy (non-hydrogen) atoms. The SMILES string of the molecule is COc1ccc(OCC2CCC(C)(C)O2)c(B(O)O)c1. The monoisotopic (exact) mass is 280 g/mol. The third kappa shape index (κ3) is 3.65. The van der Waals surface area contributed by atoms with Gasteiger partial charge in [-0.15, -0.1) is 0 Å². The average Bonchev–Trinajstić information content (AvgIpc) is 2.75. The van der Waals surface area contributed by atoms with E-state index in [1.165, 1.54) is 7.11 Å². The Labute approximate surface area is 119 Å². The van der Waals surface area contributed by atoms with Crippen molar-refractivity contribution >= 4 is 12.6 Å². The molecule has 0 bridgehead atoms. The van der Waals surface area contributed by atoms with Gasteiger partial charge >= 0.3 is 7.12 Å². The van der Waals surface area contributed by atoms with Crippen LogP contribution in [-0.4, -0.2) is 42.6 Å². The van der Waals surface area contributed by atoms with Gasteiger partial charge in [-0.1, -0.05) is 0 Å². The second-order valence-corrected chi connectivity index (χ2v) is 5.63. The fourth-order valence-corrected chi connectivity index (χ4v) is 2.36. The lowest BCUT2D eigenvalue weighted by molar-refractivity contribution is -0.0325. The normalized spacial score (nSPS) is 20.8. The summed E-state index contributed by atoms with van der Waals surface area (Å²) >= 11 is 0. The van der Waals surface area contributed by atoms with Crippen LogP contribution in [0.5, 0.6) is 11.5 Å². The molecule has 1 fully saturated rings. The molecule has 1 unspecified atom stereocenters. The average molecular weight is 280 g/mol. The summed E-state index contributed by atoms with van der Waals surface area (Å²) in [6.07, 6.45) is 1.98. The highest BCUT2D eigenvalue weighted by Gasteiger charge is 2.32. The largest absolute Gasteiger partial charge is 0.497 e. The highest BCUT2D eigenvalue weighted by atomic mass is 16.6. The smallest absolute Gasteiger partial charge is 0.492 e. The fourth-order valence-electron chi connectivity index (χ4n) is 2.36. The lowest BCUT2D eigenvalue weighted by atomic mass is 9.79. The van der Waals surface area contributed by atoms with Crippen molar-refractivity contribution in [3.05, 3.63) is 18.2 Å². The molecule has 1 aromatic carbocycles. The molecule has 6 heteroatoms. The molecule has 5 nitrogen and oxygen atoms in total. The van der Waals surface area contributed by atoms with Gasteiger partial charge in [-0.05, 0) is 44.9 Å². The molecule has 1 aliphatic heterocycles. The van der Waals surface area contributed by atoms with Crippen LogP contribution in [0.3, 0.4) is 0 Å². The Kier molecular flexibility index (Phi) is 4.57. The Morgan fingerprint density at radius 3 is 2.70 bits per heavy atom. The third-order valence-corrected chi connectivity index (χ3v) is 3.47. The maximum Gasteiger partial charge on any atom is 0.492 e. The highest BCUT2D eigenvalue weighted by Crippen LogP contribution is 2.29. The molecule has 0 saturated carbocycles. The van der Waals surface area contributed by atoms with Crippen molar-refractivity contribution in [2.75, 3.05) is 13.7 Å². The zero-order valence-electron chi connectivity index (χ0n) is 12.1. The maximum atomic E-state index is 9.39. The van der Waals surface area contributed by atoms with Crippen LogP contribution in [0.1, 0.15) is 26.7 Å². The molecule has 2 N–H and O–H groups in total. The maximum absolute atomic E-state index is 9.39. The van der Waals surface area contributed by atoms with Crippen LogP contribution in [0.25, 0.3) is 0 Å². The van der Waals surface area contributed by atoms with Gasteiger partial charge in [0, 0.05) is 5.46 Å². The van der Waals surface area contributed by atoms with Gasteiger partial charge in [0.1, 0.15) is 18.1 Å². The first-order valence-corrected chi connectivity index (χ1v) is 6.76. The Balaban J connectivity index is 2.02. The first-order chi connectivity index (χ1) is 9.41. The zero-order chi connectivity index (χ0) is 14.8. The molecule has 1 aliphatic rings. The summed E-state index contributed by atoms with van der Waals surface area (Å²) < 4.78 is 16.6. The van der Waals surface area contributed by atoms with Crippen molar-refractivity contribution < 1.29 is 24.3 Å². The topological polar surface area (TPSA) is 68.2 Å². The Morgan fingerprint density at radius 2 is 2.15 bits per heavy atom. The quantitative estimate of drug-likeness (QED) is 0.778. The van der Waals surface area contributed by atoms with Gasteiger partial charge in [0.15, 0.2) is 0 Å². The standard InChI is InChI=1S/C14H21BO5/c1-14(2)7-6-11(20-14)9-19-13-5-4-10(18-3)8-12(13)15(16)17/h4-5,8,11,16-17H,6-7,9H2,1-3H3. The zero-order valence-corrected chi connectivity index (χ0v) is 12.1. The summed E-state index contributed by atoms with van der Waals surface area (Å²) in [7, 11) is -0.0706. The van der Waals surface area contributed by atoms with Crippen LogP contribution in [-0.2, 0) is 4.74 Å². The minimum absolute atomic E-state index is 0.0378. The number of ether oxygens (including phenoxy) is 3. The predicted molar refractivity (Wildman–Crippen MR) is 76.5 cm³/mol. The van der Waals surface area contributed by atoms with E-state index in [1.54, 1.807) is 18.2 Å². The summed E-state index contributed by atoms with van der Waals surface area (Å²) in [5.74, 6) is 0.993. The van der Waals surface area contributed by atoms with E-state index in [0.29, 0.717) is 23.6 Å². The van der Waals surface area contributed by atoms with Crippen LogP contribution >= 0.6 is 0 Å². The van der Waals surface area contributed by atoms with Crippen LogP contribution in [0.4, 0.5) is 0 Å². The van der Waals surface area contributed by atoms with E-state index in [9.17, 15) is 10.0 Å². The van der Waals surface area contributed by atoms with Crippen molar-refractivity contribution in [3.63, 3.8) is 0 Å². The summed E-state index contributed by atoms with van der Waals surface area (Å²) in [6, 6.07) is 4.95. The number of hydrogen-bond acceptors (Lipinski definition) is 5. The Bertz CT molecular complexity index is 461. The molecule has 0 aliphatic carbocycles. The Morgan fingerprint density at radius 1 is 1.40 bits per heavy atom. The molecule has 1 heterocycles. The predicted octanol–water partition coefficient (Wildman–Crippen LogP) is 0.711. The lowest BCUT2D eigenvalue weighted by Crippen LogP contribution is -2.33. The van der Waals surface area contributed by atoms with Gasteiger partial charge in [-0.2, -0.15) is 0 Å². The highest BCUT2D eigenvalue weighted by molar-refractivity contribution is 6.59. The number of hydrogen-bond donors (Lipinski definition) is 2. The van der Waals surface area contributed by atoms with E-state index in [1.807, 2.05) is 0 Å². The van der Waals surface area contributed by atoms with Crippen LogP contribution in [0, 0.1) is 0 Å². The molecule has 0 amide bonds. The van der Waals surface area contributed by atoms with Crippen LogP contribution in [0.15, 0.2) is 18.2 Å². The first kappa shape index (κ1) is 15.2. The van der Waals surface area contributed by atoms with E-state index >= 15 is 0 Å². The molecule has 0 radical (unpaired) electrons. The first-order valence-electron chi connectivity index (χ1n) is 6.76. The fraction of sp³-hybridized carbons (Fsp3) is 0.571. The Hall–Kier alpha value is -1.24. The van der Waals surface area contributed by atoms with Gasteiger partial charge in [0.25, 0.3) is 0 Å². The van der Waals surface area contributed by atoms with E-state index in [0.717, 1.165) is 12.8 Å². The van der Waals surface area contributed by atoms with Crippen LogP contribution < -0.4 is 14.9 Å². The van der Waals surface area contributed by atoms with E-state index in [2.05, 4.69) is 13.8 Å². The summed E-state index contributed by atoms with van der Waals surface area (Å²) in [6.45, 7) is 4.52. The molecule has 110 valence electrons. The molecule has 0 aromatic heterocycles. The van der Waals surface area contributed by atoms with E-state index in [-0.39, 0.29) is 11.7 Å². The van der Waals surface area contributed by atoms with E-state index < -0.39 is 7.12 Å². The van der Waals surface area contributed by atoms with Crippen molar-refractivity contribution in [1.82, 2.24) is 0 Å². The summed E-state index contributed by atoms with van der Waals surface area (Å²) in [5.41, 5.74) is 0.189. The summed E-state index contributed by atoms with van der Waals surface area (Å²) in [5, 5.41) is 18.8. The van der Waals surface area contributed by atoms with E-state index in [4.69, 9.17) is 14.2 Å². The molecular weight excluding hydrogens is 259 g/mol. The molecule has 0 spiro atoms. The van der Waals surface area contributed by atoms with Crippen molar-refractivity contribution in [2.24, 2.45) is 0 Å². The molecule has 2 rings (SSSR count). The van der Waals surface area contributed by atoms with Crippen molar-refractivity contribution in [1.29, 1.82) is 0 Å². The number of methoxy groups -OCH3 is 1. The van der Waals surface area contributed by atoms with Crippen molar-refractivity contribution in [2.45, 2.75) is 38.4 Å². The molecule has 1 saturated heterocycles. The number of rotatable bonds is 5. The minimum atomic E-state index is -1.60. The minimum Gasteiger partial charge on any atom is -0.497 e. The molecular formula is C14H21BO5. The molecule has 1 aromatic rings. The van der Waals surface area contributed by atoms with Gasteiger partial charge in [0.05, 0.1) is 18.8 Å². The van der Waals surface area contributed by atoms with Crippen molar-refractivity contribution in [3.8, 4) is 11.5 Å². The van der Waals surface area contributed by atoms with Gasteiger partial charge in [-0.3, -0.25) is 0 Å². The number of benzene rings is 1. The van der Waals surface area contributed by atoms with Gasteiger partial charge in [-0.25, -0.2) is 0 Å². The van der Waals surface area contributed by atoms with Gasteiger partial charge in [0.2, 0.25) is 0 Å². The molecule has 1 atom stereocenters. The van der Waals surface area contributed by atoms with Gasteiger partial charge < -0.3 is 24.3 Å². The lowest BCUT2D eigenvalue weighted by Gasteiger charge is -2.20. The summed E-state index contributed by atoms with van der Waals surface area (Å²) in [4.78, 5) is 0.